The first-order chi connectivity index (χ1) is 10.2. The zero-order chi connectivity index (χ0) is 15.7. The molecule has 0 saturated heterocycles. The highest BCUT2D eigenvalue weighted by Gasteiger charge is 2.06. The number of guanidine groups is 1. The van der Waals surface area contributed by atoms with E-state index >= 15 is 0 Å². The Hall–Kier alpha value is -1.18. The van der Waals surface area contributed by atoms with Crippen molar-refractivity contribution >= 4 is 29.9 Å². The lowest BCUT2D eigenvalue weighted by Crippen LogP contribution is -2.37. The van der Waals surface area contributed by atoms with Crippen LogP contribution in [-0.2, 0) is 6.54 Å². The largest absolute Gasteiger partial charge is 0.493 e. The van der Waals surface area contributed by atoms with Gasteiger partial charge in [0.2, 0.25) is 0 Å². The van der Waals surface area contributed by atoms with Gasteiger partial charge in [-0.05, 0) is 38.0 Å². The predicted octanol–water partition coefficient (Wildman–Crippen LogP) is 3.26. The Bertz CT molecular complexity index is 463. The van der Waals surface area contributed by atoms with Gasteiger partial charge in [-0.1, -0.05) is 13.0 Å². The average molecular weight is 421 g/mol. The maximum absolute atomic E-state index is 5.97. The first kappa shape index (κ1) is 20.8. The van der Waals surface area contributed by atoms with Gasteiger partial charge in [-0.25, -0.2) is 4.99 Å². The summed E-state index contributed by atoms with van der Waals surface area (Å²) < 4.78 is 11.0. The second kappa shape index (κ2) is 11.4. The standard InChI is InChI=1S/C16H27N3O2.HI/c1-5-10-21-14-9-8-13(11-15(14)20-4)12-18-16(17)19(6-2)7-3;/h8-9,11H,5-7,10,12H2,1-4H3,(H2,17,18);1H. The van der Waals surface area contributed by atoms with E-state index in [0.717, 1.165) is 36.6 Å². The van der Waals surface area contributed by atoms with E-state index in [2.05, 4.69) is 25.8 Å². The van der Waals surface area contributed by atoms with Crippen LogP contribution in [0.4, 0.5) is 0 Å². The topological polar surface area (TPSA) is 60.1 Å². The van der Waals surface area contributed by atoms with Crippen LogP contribution < -0.4 is 15.2 Å². The van der Waals surface area contributed by atoms with E-state index < -0.39 is 0 Å². The van der Waals surface area contributed by atoms with Crippen LogP contribution in [0.2, 0.25) is 0 Å². The molecule has 0 radical (unpaired) electrons. The molecule has 0 spiro atoms. The van der Waals surface area contributed by atoms with Gasteiger partial charge in [0.05, 0.1) is 20.3 Å². The van der Waals surface area contributed by atoms with Crippen LogP contribution in [-0.4, -0.2) is 37.7 Å². The molecular weight excluding hydrogens is 393 g/mol. The Morgan fingerprint density at radius 3 is 2.41 bits per heavy atom. The van der Waals surface area contributed by atoms with Gasteiger partial charge in [-0.3, -0.25) is 0 Å². The normalized spacial score (nSPS) is 10.8. The van der Waals surface area contributed by atoms with Crippen molar-refractivity contribution in [3.05, 3.63) is 23.8 Å². The van der Waals surface area contributed by atoms with Crippen LogP contribution in [0.1, 0.15) is 32.8 Å². The first-order valence-corrected chi connectivity index (χ1v) is 7.50. The minimum atomic E-state index is 0. The number of rotatable bonds is 8. The molecule has 0 amide bonds. The maximum Gasteiger partial charge on any atom is 0.191 e. The predicted molar refractivity (Wildman–Crippen MR) is 102 cm³/mol. The lowest BCUT2D eigenvalue weighted by atomic mass is 10.2. The molecule has 126 valence electrons. The number of aliphatic imine (C=N–C) groups is 1. The summed E-state index contributed by atoms with van der Waals surface area (Å²) in [4.78, 5) is 6.45. The molecule has 0 unspecified atom stereocenters. The van der Waals surface area contributed by atoms with E-state index in [0.29, 0.717) is 19.1 Å². The van der Waals surface area contributed by atoms with Crippen molar-refractivity contribution in [1.82, 2.24) is 4.90 Å². The number of nitrogens with zero attached hydrogens (tertiary/aromatic N) is 2. The lowest BCUT2D eigenvalue weighted by molar-refractivity contribution is 0.294. The minimum absolute atomic E-state index is 0. The number of hydrogen-bond acceptors (Lipinski definition) is 3. The van der Waals surface area contributed by atoms with Gasteiger partial charge in [0.25, 0.3) is 0 Å². The quantitative estimate of drug-likeness (QED) is 0.398. The highest BCUT2D eigenvalue weighted by molar-refractivity contribution is 14.0. The summed E-state index contributed by atoms with van der Waals surface area (Å²) >= 11 is 0. The van der Waals surface area contributed by atoms with Crippen molar-refractivity contribution < 1.29 is 9.47 Å². The summed E-state index contributed by atoms with van der Waals surface area (Å²) in [5.41, 5.74) is 7.02. The van der Waals surface area contributed by atoms with E-state index in [4.69, 9.17) is 15.2 Å². The fraction of sp³-hybridized carbons (Fsp3) is 0.562. The number of halogens is 1. The zero-order valence-electron chi connectivity index (χ0n) is 14.0. The summed E-state index contributed by atoms with van der Waals surface area (Å²) in [6.45, 7) is 9.14. The molecule has 0 saturated carbocycles. The molecule has 0 atom stereocenters. The van der Waals surface area contributed by atoms with E-state index in [1.807, 2.05) is 23.1 Å². The van der Waals surface area contributed by atoms with Crippen LogP contribution in [0.3, 0.4) is 0 Å². The molecule has 0 aromatic heterocycles. The molecule has 2 N–H and O–H groups in total. The van der Waals surface area contributed by atoms with Gasteiger partial charge in [0, 0.05) is 13.1 Å². The lowest BCUT2D eigenvalue weighted by Gasteiger charge is -2.19. The minimum Gasteiger partial charge on any atom is -0.493 e. The van der Waals surface area contributed by atoms with Gasteiger partial charge in [0.15, 0.2) is 17.5 Å². The molecular formula is C16H28IN3O2. The molecule has 1 aromatic rings. The Labute approximate surface area is 150 Å². The summed E-state index contributed by atoms with van der Waals surface area (Å²) in [6.07, 6.45) is 0.968. The Morgan fingerprint density at radius 2 is 1.86 bits per heavy atom. The number of methoxy groups -OCH3 is 1. The molecule has 1 aromatic carbocycles. The van der Waals surface area contributed by atoms with Gasteiger partial charge in [-0.15, -0.1) is 24.0 Å². The fourth-order valence-corrected chi connectivity index (χ4v) is 1.96. The van der Waals surface area contributed by atoms with Crippen molar-refractivity contribution in [3.8, 4) is 11.5 Å². The van der Waals surface area contributed by atoms with Crippen LogP contribution in [0.25, 0.3) is 0 Å². The molecule has 6 heteroatoms. The number of nitrogens with two attached hydrogens (primary N) is 1. The molecule has 0 aliphatic carbocycles. The van der Waals surface area contributed by atoms with Crippen molar-refractivity contribution in [2.75, 3.05) is 26.8 Å². The summed E-state index contributed by atoms with van der Waals surface area (Å²) in [5.74, 6) is 2.08. The Kier molecular flexibility index (Phi) is 10.8. The molecule has 0 aliphatic heterocycles. The second-order valence-corrected chi connectivity index (χ2v) is 4.68. The average Bonchev–Trinajstić information content (AvgIpc) is 2.52. The molecule has 1 rings (SSSR count). The highest BCUT2D eigenvalue weighted by atomic mass is 127. The van der Waals surface area contributed by atoms with Crippen LogP contribution in [0, 0.1) is 0 Å². The summed E-state index contributed by atoms with van der Waals surface area (Å²) in [5, 5.41) is 0. The van der Waals surface area contributed by atoms with E-state index in [1.54, 1.807) is 7.11 Å². The highest BCUT2D eigenvalue weighted by Crippen LogP contribution is 2.28. The smallest absolute Gasteiger partial charge is 0.191 e. The monoisotopic (exact) mass is 421 g/mol. The van der Waals surface area contributed by atoms with Gasteiger partial charge < -0.3 is 20.1 Å². The van der Waals surface area contributed by atoms with Crippen molar-refractivity contribution in [2.45, 2.75) is 33.7 Å². The van der Waals surface area contributed by atoms with Crippen molar-refractivity contribution in [2.24, 2.45) is 10.7 Å². The molecule has 5 nitrogen and oxygen atoms in total. The Balaban J connectivity index is 0.00000441. The number of benzene rings is 1. The van der Waals surface area contributed by atoms with Crippen molar-refractivity contribution in [3.63, 3.8) is 0 Å². The van der Waals surface area contributed by atoms with Crippen LogP contribution >= 0.6 is 24.0 Å². The third-order valence-corrected chi connectivity index (χ3v) is 3.20. The third kappa shape index (κ3) is 6.29. The molecule has 0 fully saturated rings. The van der Waals surface area contributed by atoms with Gasteiger partial charge in [0.1, 0.15) is 0 Å². The van der Waals surface area contributed by atoms with E-state index in [1.165, 1.54) is 0 Å². The first-order valence-electron chi connectivity index (χ1n) is 7.50. The van der Waals surface area contributed by atoms with Crippen LogP contribution in [0.5, 0.6) is 11.5 Å². The molecule has 0 bridgehead atoms. The summed E-state index contributed by atoms with van der Waals surface area (Å²) in [7, 11) is 1.64. The Morgan fingerprint density at radius 1 is 1.18 bits per heavy atom. The molecule has 0 heterocycles. The summed E-state index contributed by atoms with van der Waals surface area (Å²) in [6, 6.07) is 5.86. The van der Waals surface area contributed by atoms with Crippen LogP contribution in [0.15, 0.2) is 23.2 Å². The number of hydrogen-bond donors (Lipinski definition) is 1. The number of ether oxygens (including phenoxy) is 2. The fourth-order valence-electron chi connectivity index (χ4n) is 1.96. The van der Waals surface area contributed by atoms with Gasteiger partial charge in [-0.2, -0.15) is 0 Å². The molecule has 0 aliphatic rings. The zero-order valence-corrected chi connectivity index (χ0v) is 16.3. The van der Waals surface area contributed by atoms with Crippen molar-refractivity contribution in [1.29, 1.82) is 0 Å². The van der Waals surface area contributed by atoms with E-state index in [9.17, 15) is 0 Å². The third-order valence-electron chi connectivity index (χ3n) is 3.20. The van der Waals surface area contributed by atoms with Gasteiger partial charge >= 0.3 is 0 Å². The molecule has 22 heavy (non-hydrogen) atoms. The van der Waals surface area contributed by atoms with E-state index in [-0.39, 0.29) is 24.0 Å². The SMILES string of the molecule is CCCOc1ccc(CN=C(N)N(CC)CC)cc1OC.I. The maximum atomic E-state index is 5.97. The second-order valence-electron chi connectivity index (χ2n) is 4.68.